The molecule has 0 bridgehead atoms. The van der Waals surface area contributed by atoms with Gasteiger partial charge < -0.3 is 15.0 Å². The van der Waals surface area contributed by atoms with Gasteiger partial charge in [0.2, 0.25) is 0 Å². The molecule has 1 heterocycles. The van der Waals surface area contributed by atoms with E-state index in [1.54, 1.807) is 7.11 Å². The van der Waals surface area contributed by atoms with E-state index in [-0.39, 0.29) is 0 Å². The minimum absolute atomic E-state index is 0.617. The molecule has 1 aromatic rings. The molecule has 0 aliphatic heterocycles. The van der Waals surface area contributed by atoms with Crippen molar-refractivity contribution in [2.24, 2.45) is 5.92 Å². The van der Waals surface area contributed by atoms with Gasteiger partial charge in [0.15, 0.2) is 0 Å². The van der Waals surface area contributed by atoms with E-state index in [4.69, 9.17) is 4.74 Å². The zero-order valence-corrected chi connectivity index (χ0v) is 13.6. The lowest BCUT2D eigenvalue weighted by Crippen LogP contribution is -2.40. The topological polar surface area (TPSA) is 37.4 Å². The fourth-order valence-electron chi connectivity index (χ4n) is 3.31. The average Bonchev–Trinajstić information content (AvgIpc) is 2.52. The molecule has 1 aromatic heterocycles. The van der Waals surface area contributed by atoms with Crippen LogP contribution < -0.4 is 10.2 Å². The van der Waals surface area contributed by atoms with Crippen LogP contribution in [-0.4, -0.2) is 38.3 Å². The normalized spacial score (nSPS) is 22.2. The van der Waals surface area contributed by atoms with E-state index >= 15 is 0 Å². The largest absolute Gasteiger partial charge is 0.383 e. The highest BCUT2D eigenvalue weighted by atomic mass is 16.5. The molecule has 21 heavy (non-hydrogen) atoms. The first-order valence-corrected chi connectivity index (χ1v) is 8.10. The molecule has 2 unspecified atom stereocenters. The van der Waals surface area contributed by atoms with Gasteiger partial charge in [-0.2, -0.15) is 0 Å². The van der Waals surface area contributed by atoms with Crippen LogP contribution in [0.1, 0.15) is 38.2 Å². The van der Waals surface area contributed by atoms with Gasteiger partial charge in [-0.3, -0.25) is 0 Å². The quantitative estimate of drug-likeness (QED) is 0.784. The number of hydrogen-bond donors (Lipinski definition) is 1. The molecule has 1 N–H and O–H groups in total. The Morgan fingerprint density at radius 2 is 2.19 bits per heavy atom. The second kappa shape index (κ2) is 8.35. The van der Waals surface area contributed by atoms with Crippen LogP contribution in [0.2, 0.25) is 0 Å². The summed E-state index contributed by atoms with van der Waals surface area (Å²) in [6, 6.07) is 4.81. The Morgan fingerprint density at radius 1 is 1.38 bits per heavy atom. The second-order valence-corrected chi connectivity index (χ2v) is 6.10. The Kier molecular flexibility index (Phi) is 6.46. The van der Waals surface area contributed by atoms with Crippen molar-refractivity contribution in [3.8, 4) is 0 Å². The first-order chi connectivity index (χ1) is 10.2. The Labute approximate surface area is 128 Å². The Hall–Kier alpha value is -1.13. The molecule has 1 fully saturated rings. The molecule has 2 rings (SSSR count). The summed E-state index contributed by atoms with van der Waals surface area (Å²) in [5, 5.41) is 3.42. The number of anilines is 1. The molecule has 0 radical (unpaired) electrons. The van der Waals surface area contributed by atoms with E-state index < -0.39 is 0 Å². The first-order valence-electron chi connectivity index (χ1n) is 8.10. The van der Waals surface area contributed by atoms with Crippen LogP contribution in [0.25, 0.3) is 0 Å². The summed E-state index contributed by atoms with van der Waals surface area (Å²) in [4.78, 5) is 7.04. The van der Waals surface area contributed by atoms with Crippen molar-refractivity contribution < 1.29 is 4.74 Å². The van der Waals surface area contributed by atoms with Crippen molar-refractivity contribution >= 4 is 5.82 Å². The van der Waals surface area contributed by atoms with Gasteiger partial charge in [0.25, 0.3) is 0 Å². The van der Waals surface area contributed by atoms with E-state index in [2.05, 4.69) is 35.2 Å². The summed E-state index contributed by atoms with van der Waals surface area (Å²) in [6.07, 6.45) is 7.23. The van der Waals surface area contributed by atoms with E-state index in [0.29, 0.717) is 6.04 Å². The summed E-state index contributed by atoms with van der Waals surface area (Å²) in [6.45, 7) is 4.83. The van der Waals surface area contributed by atoms with Gasteiger partial charge >= 0.3 is 0 Å². The summed E-state index contributed by atoms with van der Waals surface area (Å²) in [7, 11) is 3.93. The van der Waals surface area contributed by atoms with Gasteiger partial charge in [0.05, 0.1) is 6.61 Å². The number of hydrogen-bond acceptors (Lipinski definition) is 4. The van der Waals surface area contributed by atoms with Crippen LogP contribution in [0, 0.1) is 5.92 Å². The van der Waals surface area contributed by atoms with Gasteiger partial charge in [-0.05, 0) is 24.8 Å². The number of nitrogens with one attached hydrogen (secondary N) is 1. The predicted molar refractivity (Wildman–Crippen MR) is 87.6 cm³/mol. The molecule has 118 valence electrons. The highest BCUT2D eigenvalue weighted by Crippen LogP contribution is 2.30. The number of pyridine rings is 1. The third-order valence-corrected chi connectivity index (χ3v) is 4.56. The van der Waals surface area contributed by atoms with E-state index in [0.717, 1.165) is 31.4 Å². The maximum absolute atomic E-state index is 5.08. The van der Waals surface area contributed by atoms with Gasteiger partial charge in [-0.15, -0.1) is 0 Å². The molecular weight excluding hydrogens is 262 g/mol. The fourth-order valence-corrected chi connectivity index (χ4v) is 3.31. The molecule has 0 aromatic carbocycles. The van der Waals surface area contributed by atoms with Crippen LogP contribution in [0.5, 0.6) is 0 Å². The first kappa shape index (κ1) is 16.2. The van der Waals surface area contributed by atoms with E-state index in [9.17, 15) is 0 Å². The number of rotatable bonds is 7. The summed E-state index contributed by atoms with van der Waals surface area (Å²) in [5.74, 6) is 1.88. The third kappa shape index (κ3) is 4.42. The molecule has 4 nitrogen and oxygen atoms in total. The smallest absolute Gasteiger partial charge is 0.133 e. The molecular formula is C17H29N3O. The van der Waals surface area contributed by atoms with E-state index in [1.807, 2.05) is 12.3 Å². The lowest BCUT2D eigenvalue weighted by molar-refractivity contribution is 0.199. The molecule has 1 aliphatic rings. The molecule has 2 atom stereocenters. The van der Waals surface area contributed by atoms with E-state index in [1.165, 1.54) is 31.2 Å². The van der Waals surface area contributed by atoms with Crippen molar-refractivity contribution in [3.05, 3.63) is 23.9 Å². The Bertz CT molecular complexity index is 424. The number of aromatic nitrogens is 1. The van der Waals surface area contributed by atoms with Crippen LogP contribution in [0.15, 0.2) is 18.3 Å². The minimum atomic E-state index is 0.617. The minimum Gasteiger partial charge on any atom is -0.383 e. The van der Waals surface area contributed by atoms with Crippen LogP contribution >= 0.6 is 0 Å². The molecule has 0 spiro atoms. The molecule has 0 amide bonds. The highest BCUT2D eigenvalue weighted by Gasteiger charge is 2.26. The second-order valence-electron chi connectivity index (χ2n) is 6.10. The lowest BCUT2D eigenvalue weighted by atomic mass is 9.85. The van der Waals surface area contributed by atoms with Gasteiger partial charge in [0, 0.05) is 45.0 Å². The Balaban J connectivity index is 2.03. The fraction of sp³-hybridized carbons (Fsp3) is 0.706. The molecule has 0 saturated heterocycles. The Morgan fingerprint density at radius 3 is 2.95 bits per heavy atom. The predicted octanol–water partition coefficient (Wildman–Crippen LogP) is 2.83. The average molecular weight is 291 g/mol. The van der Waals surface area contributed by atoms with Crippen LogP contribution in [-0.2, 0) is 11.3 Å². The maximum atomic E-state index is 5.08. The van der Waals surface area contributed by atoms with Crippen molar-refractivity contribution in [1.82, 2.24) is 10.3 Å². The summed E-state index contributed by atoms with van der Waals surface area (Å²) >= 11 is 0. The summed E-state index contributed by atoms with van der Waals surface area (Å²) in [5.41, 5.74) is 1.27. The zero-order valence-electron chi connectivity index (χ0n) is 13.6. The van der Waals surface area contributed by atoms with Crippen molar-refractivity contribution in [3.63, 3.8) is 0 Å². The van der Waals surface area contributed by atoms with Crippen molar-refractivity contribution in [2.45, 2.75) is 45.2 Å². The molecule has 1 saturated carbocycles. The summed E-state index contributed by atoms with van der Waals surface area (Å²) < 4.78 is 5.08. The zero-order chi connectivity index (χ0) is 15.1. The van der Waals surface area contributed by atoms with Crippen LogP contribution in [0.3, 0.4) is 0 Å². The standard InChI is InChI=1S/C17H29N3O/c1-14-7-4-5-9-16(14)20(2)17-15(8-6-10-19-17)13-18-11-12-21-3/h6,8,10,14,16,18H,4-5,7,9,11-13H2,1-3H3. The lowest BCUT2D eigenvalue weighted by Gasteiger charge is -2.37. The SMILES string of the molecule is COCCNCc1cccnc1N(C)C1CCCCC1C. The monoisotopic (exact) mass is 291 g/mol. The molecule has 4 heteroatoms. The van der Waals surface area contributed by atoms with Crippen LogP contribution in [0.4, 0.5) is 5.82 Å². The number of ether oxygens (including phenoxy) is 1. The van der Waals surface area contributed by atoms with Crippen molar-refractivity contribution in [1.29, 1.82) is 0 Å². The van der Waals surface area contributed by atoms with Gasteiger partial charge in [-0.25, -0.2) is 4.98 Å². The molecule has 1 aliphatic carbocycles. The van der Waals surface area contributed by atoms with Crippen molar-refractivity contribution in [2.75, 3.05) is 32.2 Å². The highest BCUT2D eigenvalue weighted by molar-refractivity contribution is 5.47. The van der Waals surface area contributed by atoms with Gasteiger partial charge in [0.1, 0.15) is 5.82 Å². The maximum Gasteiger partial charge on any atom is 0.133 e. The van der Waals surface area contributed by atoms with Gasteiger partial charge in [-0.1, -0.05) is 25.8 Å². The third-order valence-electron chi connectivity index (χ3n) is 4.56. The number of nitrogens with zero attached hydrogens (tertiary/aromatic N) is 2. The number of methoxy groups -OCH3 is 1.